The minimum atomic E-state index is 0.621. The maximum absolute atomic E-state index is 3.43. The molecule has 1 atom stereocenters. The monoisotopic (exact) mass is 289 g/mol. The van der Waals surface area contributed by atoms with Crippen LogP contribution in [-0.2, 0) is 6.42 Å². The Kier molecular flexibility index (Phi) is 8.03. The molecule has 1 N–H and O–H groups in total. The number of hydrogen-bond acceptors (Lipinski definition) is 1. The van der Waals surface area contributed by atoms with Crippen molar-refractivity contribution in [3.05, 3.63) is 34.9 Å². The Morgan fingerprint density at radius 2 is 1.67 bits per heavy atom. The highest BCUT2D eigenvalue weighted by Crippen LogP contribution is 2.26. The fourth-order valence-corrected chi connectivity index (χ4v) is 2.81. The van der Waals surface area contributed by atoms with Gasteiger partial charge in [0.05, 0.1) is 0 Å². The minimum absolute atomic E-state index is 0.621. The van der Waals surface area contributed by atoms with Crippen LogP contribution in [0.1, 0.15) is 82.9 Å². The number of nitrogens with one attached hydrogen (secondary N) is 1. The van der Waals surface area contributed by atoms with Gasteiger partial charge in [-0.15, -0.1) is 0 Å². The lowest BCUT2D eigenvalue weighted by atomic mass is 9.88. The topological polar surface area (TPSA) is 12.0 Å². The van der Waals surface area contributed by atoms with Gasteiger partial charge in [0, 0.05) is 0 Å². The maximum Gasteiger partial charge on any atom is -0.00465 e. The molecule has 1 heteroatoms. The van der Waals surface area contributed by atoms with Crippen molar-refractivity contribution in [2.24, 2.45) is 5.92 Å². The zero-order valence-electron chi connectivity index (χ0n) is 15.0. The Balaban J connectivity index is 2.65. The normalized spacial score (nSPS) is 13.1. The third-order valence-electron chi connectivity index (χ3n) is 4.43. The SMILES string of the molecule is CCNCCC(C)CCc1ccc(C(C)C)cc1C(C)C. The summed E-state index contributed by atoms with van der Waals surface area (Å²) in [6.07, 6.45) is 3.81. The van der Waals surface area contributed by atoms with Gasteiger partial charge in [0.15, 0.2) is 0 Å². The molecule has 0 amide bonds. The summed E-state index contributed by atoms with van der Waals surface area (Å²) in [5.74, 6) is 2.04. The highest BCUT2D eigenvalue weighted by molar-refractivity contribution is 5.35. The van der Waals surface area contributed by atoms with E-state index in [1.165, 1.54) is 24.8 Å². The first-order valence-electron chi connectivity index (χ1n) is 8.79. The molecule has 0 saturated heterocycles. The van der Waals surface area contributed by atoms with Gasteiger partial charge in [-0.3, -0.25) is 0 Å². The third kappa shape index (κ3) is 6.22. The largest absolute Gasteiger partial charge is 0.317 e. The van der Waals surface area contributed by atoms with Crippen LogP contribution >= 0.6 is 0 Å². The molecule has 0 aliphatic carbocycles. The van der Waals surface area contributed by atoms with E-state index in [0.29, 0.717) is 11.8 Å². The van der Waals surface area contributed by atoms with Gasteiger partial charge < -0.3 is 5.32 Å². The second-order valence-corrected chi connectivity index (χ2v) is 7.05. The van der Waals surface area contributed by atoms with Gasteiger partial charge >= 0.3 is 0 Å². The van der Waals surface area contributed by atoms with Crippen molar-refractivity contribution in [3.63, 3.8) is 0 Å². The molecule has 1 nitrogen and oxygen atoms in total. The van der Waals surface area contributed by atoms with E-state index in [0.717, 1.165) is 19.0 Å². The Morgan fingerprint density at radius 3 is 2.24 bits per heavy atom. The van der Waals surface area contributed by atoms with Crippen LogP contribution in [-0.4, -0.2) is 13.1 Å². The van der Waals surface area contributed by atoms with Crippen molar-refractivity contribution in [1.29, 1.82) is 0 Å². The zero-order valence-corrected chi connectivity index (χ0v) is 15.0. The van der Waals surface area contributed by atoms with E-state index in [-0.39, 0.29) is 0 Å². The fourth-order valence-electron chi connectivity index (χ4n) is 2.81. The lowest BCUT2D eigenvalue weighted by Gasteiger charge is -2.18. The van der Waals surface area contributed by atoms with E-state index >= 15 is 0 Å². The molecular weight excluding hydrogens is 254 g/mol. The molecule has 1 aromatic rings. The van der Waals surface area contributed by atoms with E-state index in [2.05, 4.69) is 65.1 Å². The summed E-state index contributed by atoms with van der Waals surface area (Å²) in [5, 5.41) is 3.43. The predicted molar refractivity (Wildman–Crippen MR) is 95.3 cm³/mol. The molecule has 120 valence electrons. The van der Waals surface area contributed by atoms with Crippen molar-refractivity contribution in [3.8, 4) is 0 Å². The van der Waals surface area contributed by atoms with Gasteiger partial charge in [0.25, 0.3) is 0 Å². The minimum Gasteiger partial charge on any atom is -0.317 e. The lowest BCUT2D eigenvalue weighted by molar-refractivity contribution is 0.473. The van der Waals surface area contributed by atoms with Crippen molar-refractivity contribution in [1.82, 2.24) is 5.32 Å². The van der Waals surface area contributed by atoms with Crippen LogP contribution in [0, 0.1) is 5.92 Å². The first kappa shape index (κ1) is 18.2. The maximum atomic E-state index is 3.43. The van der Waals surface area contributed by atoms with E-state index in [1.807, 2.05) is 0 Å². The van der Waals surface area contributed by atoms with Crippen LogP contribution in [0.3, 0.4) is 0 Å². The molecule has 21 heavy (non-hydrogen) atoms. The molecule has 1 rings (SSSR count). The number of rotatable bonds is 9. The van der Waals surface area contributed by atoms with Crippen molar-refractivity contribution < 1.29 is 0 Å². The van der Waals surface area contributed by atoms with Crippen molar-refractivity contribution in [2.75, 3.05) is 13.1 Å². The van der Waals surface area contributed by atoms with Crippen molar-refractivity contribution in [2.45, 2.75) is 72.6 Å². The number of aryl methyl sites for hydroxylation is 1. The zero-order chi connectivity index (χ0) is 15.8. The highest BCUT2D eigenvalue weighted by Gasteiger charge is 2.11. The molecule has 0 bridgehead atoms. The number of hydrogen-bond donors (Lipinski definition) is 1. The Morgan fingerprint density at radius 1 is 0.952 bits per heavy atom. The van der Waals surface area contributed by atoms with Crippen LogP contribution in [0.5, 0.6) is 0 Å². The highest BCUT2D eigenvalue weighted by atomic mass is 14.8. The summed E-state index contributed by atoms with van der Waals surface area (Å²) in [7, 11) is 0. The molecule has 0 aliphatic rings. The fraction of sp³-hybridized carbons (Fsp3) is 0.700. The molecule has 1 aromatic carbocycles. The van der Waals surface area contributed by atoms with Crippen LogP contribution in [0.15, 0.2) is 18.2 Å². The summed E-state index contributed by atoms with van der Waals surface area (Å²) >= 11 is 0. The van der Waals surface area contributed by atoms with Crippen LogP contribution < -0.4 is 5.32 Å². The molecule has 0 aliphatic heterocycles. The van der Waals surface area contributed by atoms with Gasteiger partial charge in [-0.1, -0.05) is 59.7 Å². The smallest absolute Gasteiger partial charge is 0.00465 e. The van der Waals surface area contributed by atoms with E-state index in [1.54, 1.807) is 11.1 Å². The first-order valence-corrected chi connectivity index (χ1v) is 8.79. The number of benzene rings is 1. The molecule has 0 fully saturated rings. The Labute approximate surface area is 132 Å². The van der Waals surface area contributed by atoms with E-state index < -0.39 is 0 Å². The Bertz CT molecular complexity index is 406. The van der Waals surface area contributed by atoms with Crippen LogP contribution in [0.2, 0.25) is 0 Å². The van der Waals surface area contributed by atoms with Gasteiger partial charge in [-0.05, 0) is 66.8 Å². The molecule has 1 unspecified atom stereocenters. The molecule has 0 aromatic heterocycles. The first-order chi connectivity index (χ1) is 9.95. The molecule has 0 saturated carbocycles. The predicted octanol–water partition coefficient (Wildman–Crippen LogP) is 5.50. The van der Waals surface area contributed by atoms with Gasteiger partial charge in [-0.25, -0.2) is 0 Å². The second-order valence-electron chi connectivity index (χ2n) is 7.05. The Hall–Kier alpha value is -0.820. The average Bonchev–Trinajstić information content (AvgIpc) is 2.45. The van der Waals surface area contributed by atoms with Crippen molar-refractivity contribution >= 4 is 0 Å². The average molecular weight is 290 g/mol. The third-order valence-corrected chi connectivity index (χ3v) is 4.43. The molecule has 0 heterocycles. The van der Waals surface area contributed by atoms with Crippen LogP contribution in [0.25, 0.3) is 0 Å². The van der Waals surface area contributed by atoms with Gasteiger partial charge in [0.2, 0.25) is 0 Å². The summed E-state index contributed by atoms with van der Waals surface area (Å²) in [5.41, 5.74) is 4.59. The standard InChI is InChI=1S/C20H35N/c1-7-21-13-12-17(6)8-9-18-10-11-19(15(2)3)14-20(18)16(4)5/h10-11,14-17,21H,7-9,12-13H2,1-6H3. The summed E-state index contributed by atoms with van der Waals surface area (Å²) < 4.78 is 0. The lowest BCUT2D eigenvalue weighted by Crippen LogP contribution is -2.16. The van der Waals surface area contributed by atoms with Crippen LogP contribution in [0.4, 0.5) is 0 Å². The van der Waals surface area contributed by atoms with Gasteiger partial charge in [-0.2, -0.15) is 0 Å². The van der Waals surface area contributed by atoms with Gasteiger partial charge in [0.1, 0.15) is 0 Å². The summed E-state index contributed by atoms with van der Waals surface area (Å²) in [4.78, 5) is 0. The molecular formula is C20H35N. The van der Waals surface area contributed by atoms with E-state index in [9.17, 15) is 0 Å². The summed E-state index contributed by atoms with van der Waals surface area (Å²) in [6, 6.07) is 7.14. The molecule has 0 spiro atoms. The summed E-state index contributed by atoms with van der Waals surface area (Å²) in [6.45, 7) is 16.0. The second kappa shape index (κ2) is 9.25. The van der Waals surface area contributed by atoms with E-state index in [4.69, 9.17) is 0 Å². The quantitative estimate of drug-likeness (QED) is 0.592. The molecule has 0 radical (unpaired) electrons.